The zero-order valence-electron chi connectivity index (χ0n) is 10.8. The molecule has 104 valence electrons. The predicted molar refractivity (Wildman–Crippen MR) is 81.7 cm³/mol. The Kier molecular flexibility index (Phi) is 10.7. The molecule has 0 saturated heterocycles. The molecule has 2 unspecified atom stereocenters. The molecular weight excluding hydrogens is 298 g/mol. The first-order valence-electron chi connectivity index (χ1n) is 6.59. The number of unbranched alkanes of at least 4 members (excludes halogenated alkanes) is 2. The molecule has 0 aliphatic rings. The average molecular weight is 322 g/mol. The maximum Gasteiger partial charge on any atom is 0.190 e. The summed E-state index contributed by atoms with van der Waals surface area (Å²) in [5.74, 6) is 0.432. The molecule has 0 aromatic heterocycles. The summed E-state index contributed by atoms with van der Waals surface area (Å²) in [6, 6.07) is 0. The van der Waals surface area contributed by atoms with Crippen molar-refractivity contribution in [3.63, 3.8) is 0 Å². The second kappa shape index (κ2) is 10.0. The van der Waals surface area contributed by atoms with Crippen LogP contribution in [0.4, 0.5) is 0 Å². The minimum atomic E-state index is -1.14. The van der Waals surface area contributed by atoms with E-state index in [2.05, 4.69) is 13.8 Å². The van der Waals surface area contributed by atoms with Crippen molar-refractivity contribution in [1.29, 1.82) is 0 Å². The SMILES string of the molecule is CCCCC(Cl)CC(CCCC)CC(Cl)(Cl)Cl. The highest BCUT2D eigenvalue weighted by atomic mass is 35.6. The molecule has 0 bridgehead atoms. The van der Waals surface area contributed by atoms with Gasteiger partial charge in [0.2, 0.25) is 0 Å². The minimum absolute atomic E-state index is 0.226. The monoisotopic (exact) mass is 320 g/mol. The van der Waals surface area contributed by atoms with E-state index in [1.54, 1.807) is 0 Å². The van der Waals surface area contributed by atoms with Gasteiger partial charge in [-0.3, -0.25) is 0 Å². The maximum atomic E-state index is 6.33. The van der Waals surface area contributed by atoms with Crippen molar-refractivity contribution >= 4 is 46.4 Å². The summed E-state index contributed by atoms with van der Waals surface area (Å²) < 4.78 is -1.14. The summed E-state index contributed by atoms with van der Waals surface area (Å²) in [4.78, 5) is 0. The van der Waals surface area contributed by atoms with Crippen molar-refractivity contribution in [2.75, 3.05) is 0 Å². The second-order valence-electron chi connectivity index (χ2n) is 4.80. The Morgan fingerprint density at radius 1 is 0.941 bits per heavy atom. The standard InChI is InChI=1S/C13H24Cl4/c1-3-5-7-11(10-13(15,16)17)9-12(14)8-6-4-2/h11-12H,3-10H2,1-2H3. The molecule has 0 N–H and O–H groups in total. The first-order chi connectivity index (χ1) is 7.89. The normalized spacial score (nSPS) is 15.9. The average Bonchev–Trinajstić information content (AvgIpc) is 2.21. The number of hydrogen-bond acceptors (Lipinski definition) is 0. The lowest BCUT2D eigenvalue weighted by Gasteiger charge is -2.23. The molecule has 0 spiro atoms. The van der Waals surface area contributed by atoms with Crippen molar-refractivity contribution in [3.8, 4) is 0 Å². The first-order valence-corrected chi connectivity index (χ1v) is 8.16. The summed E-state index contributed by atoms with van der Waals surface area (Å²) in [6.45, 7) is 4.36. The molecule has 0 aromatic carbocycles. The van der Waals surface area contributed by atoms with Gasteiger partial charge >= 0.3 is 0 Å². The number of alkyl halides is 4. The van der Waals surface area contributed by atoms with E-state index in [9.17, 15) is 0 Å². The van der Waals surface area contributed by atoms with E-state index in [4.69, 9.17) is 46.4 Å². The molecule has 0 heterocycles. The molecular formula is C13H24Cl4. The molecule has 4 heteroatoms. The lowest BCUT2D eigenvalue weighted by atomic mass is 9.92. The van der Waals surface area contributed by atoms with Crippen molar-refractivity contribution < 1.29 is 0 Å². The van der Waals surface area contributed by atoms with E-state index >= 15 is 0 Å². The molecule has 0 nitrogen and oxygen atoms in total. The molecule has 0 radical (unpaired) electrons. The molecule has 0 saturated carbocycles. The van der Waals surface area contributed by atoms with E-state index in [0.717, 1.165) is 19.3 Å². The molecule has 2 atom stereocenters. The fraction of sp³-hybridized carbons (Fsp3) is 1.00. The van der Waals surface area contributed by atoms with E-state index in [1.807, 2.05) is 0 Å². The fourth-order valence-corrected chi connectivity index (χ4v) is 3.09. The van der Waals surface area contributed by atoms with Crippen LogP contribution >= 0.6 is 46.4 Å². The maximum absolute atomic E-state index is 6.33. The Morgan fingerprint density at radius 2 is 1.47 bits per heavy atom. The van der Waals surface area contributed by atoms with Gasteiger partial charge in [-0.15, -0.1) is 11.6 Å². The fourth-order valence-electron chi connectivity index (χ4n) is 2.03. The Balaban J connectivity index is 4.08. The lowest BCUT2D eigenvalue weighted by Crippen LogP contribution is -2.16. The van der Waals surface area contributed by atoms with Gasteiger partial charge in [0, 0.05) is 5.38 Å². The van der Waals surface area contributed by atoms with Crippen LogP contribution in [-0.4, -0.2) is 9.17 Å². The zero-order valence-corrected chi connectivity index (χ0v) is 13.8. The third-order valence-electron chi connectivity index (χ3n) is 2.95. The van der Waals surface area contributed by atoms with Gasteiger partial charge in [-0.05, 0) is 25.2 Å². The van der Waals surface area contributed by atoms with Gasteiger partial charge in [0.05, 0.1) is 0 Å². The molecule has 0 aromatic rings. The van der Waals surface area contributed by atoms with E-state index in [-0.39, 0.29) is 5.38 Å². The molecule has 0 fully saturated rings. The summed E-state index contributed by atoms with van der Waals surface area (Å²) >= 11 is 24.0. The van der Waals surface area contributed by atoms with Crippen LogP contribution in [0, 0.1) is 5.92 Å². The van der Waals surface area contributed by atoms with Gasteiger partial charge in [0.25, 0.3) is 0 Å². The van der Waals surface area contributed by atoms with Gasteiger partial charge in [-0.2, -0.15) is 0 Å². The zero-order chi connectivity index (χ0) is 13.3. The van der Waals surface area contributed by atoms with Crippen LogP contribution < -0.4 is 0 Å². The highest BCUT2D eigenvalue weighted by Gasteiger charge is 2.26. The Morgan fingerprint density at radius 3 is 1.94 bits per heavy atom. The van der Waals surface area contributed by atoms with E-state index in [0.29, 0.717) is 12.3 Å². The molecule has 0 aliphatic carbocycles. The van der Waals surface area contributed by atoms with Crippen LogP contribution in [0.2, 0.25) is 0 Å². The third-order valence-corrected chi connectivity index (χ3v) is 3.81. The van der Waals surface area contributed by atoms with E-state index in [1.165, 1.54) is 25.7 Å². The Hall–Kier alpha value is 1.16. The topological polar surface area (TPSA) is 0 Å². The largest absolute Gasteiger partial charge is 0.190 e. The minimum Gasteiger partial charge on any atom is -0.123 e. The molecule has 17 heavy (non-hydrogen) atoms. The summed E-state index contributed by atoms with van der Waals surface area (Å²) in [6.07, 6.45) is 8.50. The summed E-state index contributed by atoms with van der Waals surface area (Å²) in [5, 5.41) is 0.226. The smallest absolute Gasteiger partial charge is 0.123 e. The highest BCUT2D eigenvalue weighted by molar-refractivity contribution is 6.67. The predicted octanol–water partition coefficient (Wildman–Crippen LogP) is 6.74. The second-order valence-corrected chi connectivity index (χ2v) is 7.94. The van der Waals surface area contributed by atoms with Crippen LogP contribution in [0.5, 0.6) is 0 Å². The molecule has 0 rings (SSSR count). The Bertz CT molecular complexity index is 177. The highest BCUT2D eigenvalue weighted by Crippen LogP contribution is 2.37. The van der Waals surface area contributed by atoms with Gasteiger partial charge < -0.3 is 0 Å². The van der Waals surface area contributed by atoms with Crippen molar-refractivity contribution in [2.45, 2.75) is 74.4 Å². The number of halogens is 4. The van der Waals surface area contributed by atoms with Crippen molar-refractivity contribution in [1.82, 2.24) is 0 Å². The van der Waals surface area contributed by atoms with Crippen LogP contribution in [0.3, 0.4) is 0 Å². The summed E-state index contributed by atoms with van der Waals surface area (Å²) in [5.41, 5.74) is 0. The van der Waals surface area contributed by atoms with Crippen molar-refractivity contribution in [2.24, 2.45) is 5.92 Å². The van der Waals surface area contributed by atoms with Crippen LogP contribution in [0.15, 0.2) is 0 Å². The van der Waals surface area contributed by atoms with Crippen molar-refractivity contribution in [3.05, 3.63) is 0 Å². The van der Waals surface area contributed by atoms with Gasteiger partial charge in [-0.1, -0.05) is 80.8 Å². The third kappa shape index (κ3) is 12.0. The van der Waals surface area contributed by atoms with Gasteiger partial charge in [0.1, 0.15) is 0 Å². The quantitative estimate of drug-likeness (QED) is 0.412. The van der Waals surface area contributed by atoms with Crippen LogP contribution in [0.25, 0.3) is 0 Å². The Labute approximate surface area is 126 Å². The van der Waals surface area contributed by atoms with Gasteiger partial charge in [-0.25, -0.2) is 0 Å². The van der Waals surface area contributed by atoms with E-state index < -0.39 is 3.79 Å². The summed E-state index contributed by atoms with van der Waals surface area (Å²) in [7, 11) is 0. The first kappa shape index (κ1) is 18.2. The van der Waals surface area contributed by atoms with Crippen LogP contribution in [-0.2, 0) is 0 Å². The lowest BCUT2D eigenvalue weighted by molar-refractivity contribution is 0.394. The molecule has 0 aliphatic heterocycles. The molecule has 0 amide bonds. The van der Waals surface area contributed by atoms with Crippen LogP contribution in [0.1, 0.15) is 65.2 Å². The number of rotatable bonds is 9. The van der Waals surface area contributed by atoms with Gasteiger partial charge in [0.15, 0.2) is 3.79 Å². The number of hydrogen-bond donors (Lipinski definition) is 0.